The van der Waals surface area contributed by atoms with E-state index in [1.165, 1.54) is 5.56 Å². The average molecular weight is 279 g/mol. The number of aliphatic hydroxyl groups is 1. The Hall–Kier alpha value is -1.10. The molecule has 0 unspecified atom stereocenters. The molecule has 1 atom stereocenters. The molecule has 2 aromatic rings. The fourth-order valence-electron chi connectivity index (χ4n) is 2.17. The minimum Gasteiger partial charge on any atom is -0.468 e. The molecule has 0 aliphatic carbocycles. The summed E-state index contributed by atoms with van der Waals surface area (Å²) in [5, 5.41) is 14.2. The first kappa shape index (κ1) is 14.3. The van der Waals surface area contributed by atoms with Gasteiger partial charge in [-0.05, 0) is 40.9 Å². The summed E-state index contributed by atoms with van der Waals surface area (Å²) in [7, 11) is 0. The summed E-state index contributed by atoms with van der Waals surface area (Å²) in [5.41, 5.74) is 1.29. The number of hydrogen-bond donors (Lipinski definition) is 1. The molecular weight excluding hydrogens is 258 g/mol. The van der Waals surface area contributed by atoms with E-state index in [-0.39, 0.29) is 6.10 Å². The topological polar surface area (TPSA) is 36.6 Å². The number of furan rings is 1. The average Bonchev–Trinajstić information content (AvgIpc) is 3.02. The van der Waals surface area contributed by atoms with Gasteiger partial charge in [-0.3, -0.25) is 4.90 Å². The Morgan fingerprint density at radius 1 is 1.37 bits per heavy atom. The Balaban J connectivity index is 1.95. The van der Waals surface area contributed by atoms with Crippen LogP contribution >= 0.6 is 11.3 Å². The van der Waals surface area contributed by atoms with Crippen molar-refractivity contribution in [3.63, 3.8) is 0 Å². The maximum atomic E-state index is 10.0. The zero-order valence-corrected chi connectivity index (χ0v) is 12.1. The molecule has 2 heterocycles. The smallest absolute Gasteiger partial charge is 0.117 e. The van der Waals surface area contributed by atoms with E-state index in [0.29, 0.717) is 6.54 Å². The van der Waals surface area contributed by atoms with Crippen molar-refractivity contribution in [3.8, 4) is 0 Å². The predicted octanol–water partition coefficient (Wildman–Crippen LogP) is 3.50. The number of aliphatic hydroxyl groups excluding tert-OH is 1. The predicted molar refractivity (Wildman–Crippen MR) is 78.1 cm³/mol. The van der Waals surface area contributed by atoms with Gasteiger partial charge in [-0.1, -0.05) is 13.3 Å². The highest BCUT2D eigenvalue weighted by molar-refractivity contribution is 7.07. The van der Waals surface area contributed by atoms with Crippen molar-refractivity contribution >= 4 is 11.3 Å². The summed E-state index contributed by atoms with van der Waals surface area (Å²) in [4.78, 5) is 2.24. The van der Waals surface area contributed by atoms with E-state index in [4.69, 9.17) is 4.42 Å². The van der Waals surface area contributed by atoms with Crippen molar-refractivity contribution in [1.82, 2.24) is 4.90 Å². The van der Waals surface area contributed by atoms with Crippen LogP contribution in [0.15, 0.2) is 39.6 Å². The standard InChI is InChI=1S/C15H21NO2S/c1-2-4-14(17)10-16(9-13-6-8-19-12-13)11-15-5-3-7-18-15/h3,5-8,12,14,17H,2,4,9-11H2,1H3/t14-/m0/s1. The highest BCUT2D eigenvalue weighted by Gasteiger charge is 2.13. The van der Waals surface area contributed by atoms with Gasteiger partial charge in [-0.15, -0.1) is 0 Å². The summed E-state index contributed by atoms with van der Waals surface area (Å²) < 4.78 is 5.40. The van der Waals surface area contributed by atoms with Gasteiger partial charge in [0, 0.05) is 13.1 Å². The molecule has 0 fully saturated rings. The monoisotopic (exact) mass is 279 g/mol. The molecule has 104 valence electrons. The van der Waals surface area contributed by atoms with Crippen LogP contribution in [-0.2, 0) is 13.1 Å². The molecule has 0 saturated carbocycles. The van der Waals surface area contributed by atoms with E-state index >= 15 is 0 Å². The number of nitrogens with zero attached hydrogens (tertiary/aromatic N) is 1. The molecule has 1 N–H and O–H groups in total. The third-order valence-corrected chi connectivity index (χ3v) is 3.77. The lowest BCUT2D eigenvalue weighted by Gasteiger charge is -2.23. The van der Waals surface area contributed by atoms with Crippen LogP contribution in [0.5, 0.6) is 0 Å². The maximum Gasteiger partial charge on any atom is 0.117 e. The van der Waals surface area contributed by atoms with Gasteiger partial charge in [0.15, 0.2) is 0 Å². The molecule has 19 heavy (non-hydrogen) atoms. The van der Waals surface area contributed by atoms with Crippen molar-refractivity contribution in [1.29, 1.82) is 0 Å². The summed E-state index contributed by atoms with van der Waals surface area (Å²) in [6.07, 6.45) is 3.28. The normalized spacial score (nSPS) is 13.0. The quantitative estimate of drug-likeness (QED) is 0.803. The lowest BCUT2D eigenvalue weighted by molar-refractivity contribution is 0.0933. The highest BCUT2D eigenvalue weighted by atomic mass is 32.1. The van der Waals surface area contributed by atoms with E-state index in [1.54, 1.807) is 17.6 Å². The molecule has 0 bridgehead atoms. The Bertz CT molecular complexity index is 402. The lowest BCUT2D eigenvalue weighted by atomic mass is 10.2. The van der Waals surface area contributed by atoms with Gasteiger partial charge in [0.2, 0.25) is 0 Å². The Kier molecular flexibility index (Phi) is 5.63. The van der Waals surface area contributed by atoms with Crippen LogP contribution < -0.4 is 0 Å². The van der Waals surface area contributed by atoms with E-state index in [2.05, 4.69) is 28.7 Å². The van der Waals surface area contributed by atoms with E-state index in [9.17, 15) is 5.11 Å². The maximum absolute atomic E-state index is 10.0. The van der Waals surface area contributed by atoms with Crippen LogP contribution in [0.4, 0.5) is 0 Å². The van der Waals surface area contributed by atoms with Crippen LogP contribution in [0.3, 0.4) is 0 Å². The molecule has 3 nitrogen and oxygen atoms in total. The van der Waals surface area contributed by atoms with Crippen molar-refractivity contribution in [3.05, 3.63) is 46.5 Å². The lowest BCUT2D eigenvalue weighted by Crippen LogP contribution is -2.31. The Morgan fingerprint density at radius 2 is 2.26 bits per heavy atom. The van der Waals surface area contributed by atoms with Crippen molar-refractivity contribution in [2.75, 3.05) is 6.54 Å². The molecule has 0 aliphatic heterocycles. The first-order chi connectivity index (χ1) is 9.28. The number of thiophene rings is 1. The number of hydrogen-bond acceptors (Lipinski definition) is 4. The van der Waals surface area contributed by atoms with Gasteiger partial charge in [0.1, 0.15) is 5.76 Å². The fraction of sp³-hybridized carbons (Fsp3) is 0.467. The summed E-state index contributed by atoms with van der Waals surface area (Å²) in [6.45, 7) is 4.37. The van der Waals surface area contributed by atoms with Gasteiger partial charge < -0.3 is 9.52 Å². The SMILES string of the molecule is CCC[C@H](O)CN(Cc1ccsc1)Cc1ccco1. The summed E-state index contributed by atoms with van der Waals surface area (Å²) >= 11 is 1.71. The van der Waals surface area contributed by atoms with Gasteiger partial charge in [-0.25, -0.2) is 0 Å². The third kappa shape index (κ3) is 4.82. The molecule has 0 amide bonds. The molecule has 0 spiro atoms. The zero-order valence-electron chi connectivity index (χ0n) is 11.3. The van der Waals surface area contributed by atoms with Crippen molar-refractivity contribution in [2.24, 2.45) is 0 Å². The summed E-state index contributed by atoms with van der Waals surface area (Å²) in [5.74, 6) is 0.943. The van der Waals surface area contributed by atoms with Crippen LogP contribution in [0.25, 0.3) is 0 Å². The Labute approximate surface area is 118 Å². The molecule has 2 rings (SSSR count). The zero-order chi connectivity index (χ0) is 13.5. The first-order valence-corrected chi connectivity index (χ1v) is 7.66. The molecule has 2 aromatic heterocycles. The minimum atomic E-state index is -0.265. The molecule has 0 aromatic carbocycles. The van der Waals surface area contributed by atoms with Crippen LogP contribution in [0, 0.1) is 0 Å². The molecule has 0 radical (unpaired) electrons. The van der Waals surface area contributed by atoms with Crippen molar-refractivity contribution in [2.45, 2.75) is 39.0 Å². The summed E-state index contributed by atoms with van der Waals surface area (Å²) in [6, 6.07) is 6.01. The largest absolute Gasteiger partial charge is 0.468 e. The van der Waals surface area contributed by atoms with E-state index in [1.807, 2.05) is 12.1 Å². The first-order valence-electron chi connectivity index (χ1n) is 6.71. The van der Waals surface area contributed by atoms with Gasteiger partial charge in [0.05, 0.1) is 18.9 Å². The van der Waals surface area contributed by atoms with E-state index < -0.39 is 0 Å². The van der Waals surface area contributed by atoms with Crippen LogP contribution in [0.1, 0.15) is 31.1 Å². The van der Waals surface area contributed by atoms with Gasteiger partial charge in [-0.2, -0.15) is 11.3 Å². The minimum absolute atomic E-state index is 0.265. The Morgan fingerprint density at radius 3 is 2.89 bits per heavy atom. The second-order valence-corrected chi connectivity index (χ2v) is 5.60. The van der Waals surface area contributed by atoms with Crippen LogP contribution in [-0.4, -0.2) is 22.7 Å². The van der Waals surface area contributed by atoms with Gasteiger partial charge >= 0.3 is 0 Å². The number of rotatable bonds is 8. The molecule has 0 saturated heterocycles. The van der Waals surface area contributed by atoms with Gasteiger partial charge in [0.25, 0.3) is 0 Å². The molecule has 4 heteroatoms. The van der Waals surface area contributed by atoms with E-state index in [0.717, 1.165) is 31.7 Å². The third-order valence-electron chi connectivity index (χ3n) is 3.04. The second-order valence-electron chi connectivity index (χ2n) is 4.82. The molecular formula is C15H21NO2S. The van der Waals surface area contributed by atoms with Crippen molar-refractivity contribution < 1.29 is 9.52 Å². The fourth-order valence-corrected chi connectivity index (χ4v) is 2.83. The highest BCUT2D eigenvalue weighted by Crippen LogP contribution is 2.14. The molecule has 0 aliphatic rings. The second kappa shape index (κ2) is 7.48. The van der Waals surface area contributed by atoms with Crippen LogP contribution in [0.2, 0.25) is 0 Å².